The van der Waals surface area contributed by atoms with E-state index in [0.717, 1.165) is 0 Å². The third kappa shape index (κ3) is 2.30. The first kappa shape index (κ1) is 7.61. The SMILES string of the molecule is O=C(O)OC1NC1OC(=O)O. The van der Waals surface area contributed by atoms with E-state index in [1.165, 1.54) is 0 Å². The van der Waals surface area contributed by atoms with Gasteiger partial charge in [-0.3, -0.25) is 0 Å². The molecule has 11 heavy (non-hydrogen) atoms. The highest BCUT2D eigenvalue weighted by Crippen LogP contribution is 2.13. The van der Waals surface area contributed by atoms with E-state index < -0.39 is 24.8 Å². The fraction of sp³-hybridized carbons (Fsp3) is 0.500. The Labute approximate surface area is 60.5 Å². The minimum Gasteiger partial charge on any atom is -0.450 e. The van der Waals surface area contributed by atoms with Gasteiger partial charge in [-0.15, -0.1) is 0 Å². The second-order valence-electron chi connectivity index (χ2n) is 1.78. The van der Waals surface area contributed by atoms with Crippen LogP contribution in [0.5, 0.6) is 0 Å². The molecule has 7 nitrogen and oxygen atoms in total. The van der Waals surface area contributed by atoms with Gasteiger partial charge in [0, 0.05) is 0 Å². The lowest BCUT2D eigenvalue weighted by atomic mass is 10.8. The Bertz CT molecular complexity index is 171. The van der Waals surface area contributed by atoms with E-state index in [0.29, 0.717) is 0 Å². The molecule has 2 unspecified atom stereocenters. The maximum atomic E-state index is 9.82. The zero-order valence-corrected chi connectivity index (χ0v) is 5.18. The summed E-state index contributed by atoms with van der Waals surface area (Å²) >= 11 is 0. The van der Waals surface area contributed by atoms with Crippen LogP contribution in [-0.4, -0.2) is 35.0 Å². The smallest absolute Gasteiger partial charge is 0.450 e. The fourth-order valence-electron chi connectivity index (χ4n) is 0.515. The summed E-state index contributed by atoms with van der Waals surface area (Å²) in [5.41, 5.74) is 0. The lowest BCUT2D eigenvalue weighted by molar-refractivity contribution is 0.0444. The van der Waals surface area contributed by atoms with Crippen LogP contribution in [0.3, 0.4) is 0 Å². The molecule has 0 amide bonds. The molecule has 0 aliphatic carbocycles. The predicted octanol–water partition coefficient (Wildman–Crippen LogP) is -0.369. The summed E-state index contributed by atoms with van der Waals surface area (Å²) in [5.74, 6) is 0. The molecule has 1 fully saturated rings. The quantitative estimate of drug-likeness (QED) is 0.375. The van der Waals surface area contributed by atoms with E-state index in [1.807, 2.05) is 0 Å². The molecule has 1 aliphatic rings. The largest absolute Gasteiger partial charge is 0.507 e. The van der Waals surface area contributed by atoms with Gasteiger partial charge in [-0.2, -0.15) is 0 Å². The van der Waals surface area contributed by atoms with Gasteiger partial charge in [-0.1, -0.05) is 0 Å². The van der Waals surface area contributed by atoms with Gasteiger partial charge in [-0.25, -0.2) is 14.9 Å². The minimum absolute atomic E-state index is 0.858. The molecule has 0 aromatic heterocycles. The number of carboxylic acid groups (broad SMARTS) is 2. The summed E-state index contributed by atoms with van der Waals surface area (Å²) in [6.45, 7) is 0. The molecule has 0 aromatic carbocycles. The van der Waals surface area contributed by atoms with Crippen molar-refractivity contribution < 1.29 is 29.3 Å². The molecule has 0 bridgehead atoms. The van der Waals surface area contributed by atoms with Crippen LogP contribution in [-0.2, 0) is 9.47 Å². The van der Waals surface area contributed by atoms with E-state index in [2.05, 4.69) is 14.8 Å². The van der Waals surface area contributed by atoms with Crippen LogP contribution in [0, 0.1) is 0 Å². The summed E-state index contributed by atoms with van der Waals surface area (Å²) < 4.78 is 8.18. The zero-order valence-electron chi connectivity index (χ0n) is 5.18. The Hall–Kier alpha value is -1.50. The molecular formula is C4H5NO6. The van der Waals surface area contributed by atoms with Crippen molar-refractivity contribution in [2.24, 2.45) is 0 Å². The molecule has 2 atom stereocenters. The summed E-state index contributed by atoms with van der Waals surface area (Å²) in [6.07, 6.45) is -4.66. The molecule has 0 spiro atoms. The monoisotopic (exact) mass is 163 g/mol. The van der Waals surface area contributed by atoms with Gasteiger partial charge in [0.2, 0.25) is 12.5 Å². The number of ether oxygens (including phenoxy) is 2. The second-order valence-corrected chi connectivity index (χ2v) is 1.78. The van der Waals surface area contributed by atoms with Crippen molar-refractivity contribution >= 4 is 12.3 Å². The number of carbonyl (C=O) groups is 2. The first-order valence-corrected chi connectivity index (χ1v) is 2.65. The second kappa shape index (κ2) is 2.62. The van der Waals surface area contributed by atoms with Crippen molar-refractivity contribution in [3.63, 3.8) is 0 Å². The Morgan fingerprint density at radius 1 is 1.09 bits per heavy atom. The van der Waals surface area contributed by atoms with Crippen LogP contribution < -0.4 is 5.32 Å². The Morgan fingerprint density at radius 3 is 1.73 bits per heavy atom. The third-order valence-electron chi connectivity index (χ3n) is 0.950. The third-order valence-corrected chi connectivity index (χ3v) is 0.950. The summed E-state index contributed by atoms with van der Waals surface area (Å²) in [4.78, 5) is 19.6. The lowest BCUT2D eigenvalue weighted by Crippen LogP contribution is -2.10. The number of rotatable bonds is 2. The van der Waals surface area contributed by atoms with E-state index in [9.17, 15) is 9.59 Å². The molecule has 0 saturated carbocycles. The highest BCUT2D eigenvalue weighted by molar-refractivity contribution is 5.59. The molecule has 0 radical (unpaired) electrons. The van der Waals surface area contributed by atoms with Crippen LogP contribution in [0.25, 0.3) is 0 Å². The normalized spacial score (nSPS) is 27.3. The van der Waals surface area contributed by atoms with Gasteiger partial charge in [-0.05, 0) is 0 Å². The van der Waals surface area contributed by atoms with Gasteiger partial charge in [0.1, 0.15) is 0 Å². The van der Waals surface area contributed by atoms with E-state index in [-0.39, 0.29) is 0 Å². The molecule has 1 heterocycles. The van der Waals surface area contributed by atoms with E-state index in [4.69, 9.17) is 10.2 Å². The predicted molar refractivity (Wildman–Crippen MR) is 28.9 cm³/mol. The van der Waals surface area contributed by atoms with E-state index in [1.54, 1.807) is 0 Å². The Morgan fingerprint density at radius 2 is 1.45 bits per heavy atom. The topological polar surface area (TPSA) is 115 Å². The van der Waals surface area contributed by atoms with Crippen molar-refractivity contribution in [2.75, 3.05) is 0 Å². The Kier molecular flexibility index (Phi) is 1.81. The summed E-state index contributed by atoms with van der Waals surface area (Å²) in [7, 11) is 0. The zero-order chi connectivity index (χ0) is 8.43. The standard InChI is InChI=1S/C4H5NO6/c6-3(7)10-1-2(5-1)11-4(8)9/h1-2,5H,(H,6,7)(H,8,9). The average molecular weight is 163 g/mol. The maximum absolute atomic E-state index is 9.82. The van der Waals surface area contributed by atoms with Crippen LogP contribution in [0.1, 0.15) is 0 Å². The summed E-state index contributed by atoms with van der Waals surface area (Å²) in [5, 5.41) is 18.3. The van der Waals surface area contributed by atoms with Gasteiger partial charge in [0.15, 0.2) is 0 Å². The fourth-order valence-corrected chi connectivity index (χ4v) is 0.515. The molecule has 7 heteroatoms. The number of nitrogens with one attached hydrogen (secondary N) is 1. The molecule has 1 aliphatic heterocycles. The molecule has 0 aromatic rings. The molecule has 1 saturated heterocycles. The van der Waals surface area contributed by atoms with Crippen LogP contribution in [0.4, 0.5) is 9.59 Å². The van der Waals surface area contributed by atoms with Crippen molar-refractivity contribution in [1.29, 1.82) is 0 Å². The lowest BCUT2D eigenvalue weighted by Gasteiger charge is -1.94. The van der Waals surface area contributed by atoms with Gasteiger partial charge in [0.25, 0.3) is 0 Å². The van der Waals surface area contributed by atoms with Crippen LogP contribution >= 0.6 is 0 Å². The molecular weight excluding hydrogens is 158 g/mol. The first-order valence-electron chi connectivity index (χ1n) is 2.65. The molecule has 62 valence electrons. The summed E-state index contributed by atoms with van der Waals surface area (Å²) in [6, 6.07) is 0. The minimum atomic E-state index is -1.47. The van der Waals surface area contributed by atoms with Crippen LogP contribution in [0.15, 0.2) is 0 Å². The first-order chi connectivity index (χ1) is 5.09. The molecule has 1 rings (SSSR count). The maximum Gasteiger partial charge on any atom is 0.507 e. The average Bonchev–Trinajstić information content (AvgIpc) is 2.43. The van der Waals surface area contributed by atoms with E-state index >= 15 is 0 Å². The van der Waals surface area contributed by atoms with Gasteiger partial charge in [0.05, 0.1) is 0 Å². The number of hydrogen-bond donors (Lipinski definition) is 3. The van der Waals surface area contributed by atoms with Gasteiger partial charge < -0.3 is 19.7 Å². The van der Waals surface area contributed by atoms with Crippen molar-refractivity contribution in [3.05, 3.63) is 0 Å². The van der Waals surface area contributed by atoms with Gasteiger partial charge >= 0.3 is 12.3 Å². The van der Waals surface area contributed by atoms with Crippen molar-refractivity contribution in [2.45, 2.75) is 12.5 Å². The molecule has 3 N–H and O–H groups in total. The van der Waals surface area contributed by atoms with Crippen molar-refractivity contribution in [3.8, 4) is 0 Å². The Balaban J connectivity index is 2.16. The van der Waals surface area contributed by atoms with Crippen LogP contribution in [0.2, 0.25) is 0 Å². The number of hydrogen-bond acceptors (Lipinski definition) is 5. The van der Waals surface area contributed by atoms with Crippen molar-refractivity contribution in [1.82, 2.24) is 5.32 Å². The highest BCUT2D eigenvalue weighted by Gasteiger charge is 2.44. The highest BCUT2D eigenvalue weighted by atomic mass is 16.7.